The normalized spacial score (nSPS) is 12.1. The standard InChI is InChI=1S/C18H23NO2/c1-13-8-9-18(20)16(12-13)14(2)19-17-7-5-4-6-15(17)10-11-21-3/h4-9,12,14,19-20H,10-11H2,1-3H3. The van der Waals surface area contributed by atoms with Crippen LogP contribution in [-0.2, 0) is 11.2 Å². The molecule has 2 aromatic rings. The van der Waals surface area contributed by atoms with E-state index in [2.05, 4.69) is 24.4 Å². The Morgan fingerprint density at radius 1 is 1.19 bits per heavy atom. The van der Waals surface area contributed by atoms with E-state index in [0.717, 1.165) is 23.2 Å². The molecule has 0 aliphatic carbocycles. The van der Waals surface area contributed by atoms with E-state index in [1.807, 2.05) is 31.2 Å². The Labute approximate surface area is 126 Å². The Hall–Kier alpha value is -2.00. The van der Waals surface area contributed by atoms with Crippen LogP contribution in [0.5, 0.6) is 5.75 Å². The van der Waals surface area contributed by atoms with E-state index >= 15 is 0 Å². The molecule has 0 heterocycles. The molecule has 1 unspecified atom stereocenters. The molecule has 0 bridgehead atoms. The zero-order valence-electron chi connectivity index (χ0n) is 12.9. The SMILES string of the molecule is COCCc1ccccc1NC(C)c1cc(C)ccc1O. The van der Waals surface area contributed by atoms with Crippen LogP contribution in [0.25, 0.3) is 0 Å². The Morgan fingerprint density at radius 2 is 1.95 bits per heavy atom. The number of methoxy groups -OCH3 is 1. The predicted molar refractivity (Wildman–Crippen MR) is 86.9 cm³/mol. The van der Waals surface area contributed by atoms with Crippen molar-refractivity contribution in [3.63, 3.8) is 0 Å². The van der Waals surface area contributed by atoms with Crippen molar-refractivity contribution < 1.29 is 9.84 Å². The summed E-state index contributed by atoms with van der Waals surface area (Å²) in [6.45, 7) is 4.78. The van der Waals surface area contributed by atoms with Crippen LogP contribution in [0.2, 0.25) is 0 Å². The van der Waals surface area contributed by atoms with E-state index in [9.17, 15) is 5.11 Å². The number of nitrogens with one attached hydrogen (secondary N) is 1. The fourth-order valence-corrected chi connectivity index (χ4v) is 2.42. The molecule has 0 aromatic heterocycles. The van der Waals surface area contributed by atoms with Gasteiger partial charge in [0.2, 0.25) is 0 Å². The number of phenolic OH excluding ortho intramolecular Hbond substituents is 1. The lowest BCUT2D eigenvalue weighted by Crippen LogP contribution is -2.09. The highest BCUT2D eigenvalue weighted by molar-refractivity contribution is 5.54. The molecule has 0 saturated carbocycles. The van der Waals surface area contributed by atoms with Crippen LogP contribution in [-0.4, -0.2) is 18.8 Å². The van der Waals surface area contributed by atoms with Gasteiger partial charge in [-0.15, -0.1) is 0 Å². The lowest BCUT2D eigenvalue weighted by Gasteiger charge is -2.20. The van der Waals surface area contributed by atoms with E-state index in [1.54, 1.807) is 13.2 Å². The molecular formula is C18H23NO2. The molecule has 2 rings (SSSR count). The van der Waals surface area contributed by atoms with Crippen molar-refractivity contribution in [2.75, 3.05) is 19.0 Å². The van der Waals surface area contributed by atoms with Crippen molar-refractivity contribution in [2.45, 2.75) is 26.3 Å². The van der Waals surface area contributed by atoms with Gasteiger partial charge in [0.05, 0.1) is 12.6 Å². The van der Waals surface area contributed by atoms with Crippen molar-refractivity contribution in [1.29, 1.82) is 0 Å². The minimum Gasteiger partial charge on any atom is -0.508 e. The number of hydrogen-bond donors (Lipinski definition) is 2. The van der Waals surface area contributed by atoms with Gasteiger partial charge in [-0.1, -0.05) is 35.9 Å². The molecule has 3 heteroatoms. The molecule has 21 heavy (non-hydrogen) atoms. The molecule has 2 aromatic carbocycles. The Kier molecular flexibility index (Phi) is 5.23. The Bertz CT molecular complexity index is 596. The summed E-state index contributed by atoms with van der Waals surface area (Å²) < 4.78 is 5.16. The fourth-order valence-electron chi connectivity index (χ4n) is 2.42. The molecule has 0 fully saturated rings. The van der Waals surface area contributed by atoms with Gasteiger partial charge in [0.25, 0.3) is 0 Å². The molecule has 1 atom stereocenters. The van der Waals surface area contributed by atoms with Crippen molar-refractivity contribution in [3.05, 3.63) is 59.2 Å². The summed E-state index contributed by atoms with van der Waals surface area (Å²) in [7, 11) is 1.71. The highest BCUT2D eigenvalue weighted by atomic mass is 16.5. The fraction of sp³-hybridized carbons (Fsp3) is 0.333. The second-order valence-corrected chi connectivity index (χ2v) is 5.33. The lowest BCUT2D eigenvalue weighted by molar-refractivity contribution is 0.202. The summed E-state index contributed by atoms with van der Waals surface area (Å²) in [5.41, 5.74) is 4.36. The van der Waals surface area contributed by atoms with Crippen LogP contribution in [0, 0.1) is 6.92 Å². The van der Waals surface area contributed by atoms with Gasteiger partial charge in [-0.05, 0) is 38.0 Å². The summed E-state index contributed by atoms with van der Waals surface area (Å²) in [4.78, 5) is 0. The molecule has 0 aliphatic heterocycles. The number of hydrogen-bond acceptors (Lipinski definition) is 3. The van der Waals surface area contributed by atoms with Crippen molar-refractivity contribution in [1.82, 2.24) is 0 Å². The van der Waals surface area contributed by atoms with Crippen LogP contribution in [0.15, 0.2) is 42.5 Å². The summed E-state index contributed by atoms with van der Waals surface area (Å²) in [6.07, 6.45) is 0.867. The van der Waals surface area contributed by atoms with Gasteiger partial charge in [0.1, 0.15) is 5.75 Å². The molecule has 3 nitrogen and oxygen atoms in total. The number of rotatable bonds is 6. The Morgan fingerprint density at radius 3 is 2.71 bits per heavy atom. The molecule has 0 amide bonds. The van der Waals surface area contributed by atoms with E-state index < -0.39 is 0 Å². The van der Waals surface area contributed by atoms with Gasteiger partial charge in [-0.2, -0.15) is 0 Å². The third kappa shape index (κ3) is 3.99. The number of aromatic hydroxyl groups is 1. The van der Waals surface area contributed by atoms with Crippen LogP contribution in [0.1, 0.15) is 29.7 Å². The smallest absolute Gasteiger partial charge is 0.120 e. The van der Waals surface area contributed by atoms with Crippen molar-refractivity contribution >= 4 is 5.69 Å². The third-order valence-electron chi connectivity index (χ3n) is 3.61. The highest BCUT2D eigenvalue weighted by Crippen LogP contribution is 2.29. The second kappa shape index (κ2) is 7.14. The monoisotopic (exact) mass is 285 g/mol. The quantitative estimate of drug-likeness (QED) is 0.841. The predicted octanol–water partition coefficient (Wildman–Crippen LogP) is 4.06. The zero-order valence-corrected chi connectivity index (χ0v) is 12.9. The molecule has 0 spiro atoms. The lowest BCUT2D eigenvalue weighted by atomic mass is 10.0. The average molecular weight is 285 g/mol. The second-order valence-electron chi connectivity index (χ2n) is 5.33. The van der Waals surface area contributed by atoms with Gasteiger partial charge < -0.3 is 15.2 Å². The number of benzene rings is 2. The van der Waals surface area contributed by atoms with E-state index in [1.165, 1.54) is 5.56 Å². The molecule has 112 valence electrons. The minimum absolute atomic E-state index is 0.0357. The number of para-hydroxylation sites is 1. The van der Waals surface area contributed by atoms with Gasteiger partial charge >= 0.3 is 0 Å². The van der Waals surface area contributed by atoms with E-state index in [0.29, 0.717) is 12.4 Å². The van der Waals surface area contributed by atoms with Gasteiger partial charge in [0, 0.05) is 18.4 Å². The van der Waals surface area contributed by atoms with Gasteiger partial charge in [-0.3, -0.25) is 0 Å². The number of aryl methyl sites for hydroxylation is 1. The third-order valence-corrected chi connectivity index (χ3v) is 3.61. The van der Waals surface area contributed by atoms with E-state index in [4.69, 9.17) is 4.74 Å². The topological polar surface area (TPSA) is 41.5 Å². The van der Waals surface area contributed by atoms with Crippen LogP contribution >= 0.6 is 0 Å². The van der Waals surface area contributed by atoms with Gasteiger partial charge in [0.15, 0.2) is 0 Å². The minimum atomic E-state index is 0.0357. The first-order valence-corrected chi connectivity index (χ1v) is 7.24. The number of ether oxygens (including phenoxy) is 1. The largest absolute Gasteiger partial charge is 0.508 e. The highest BCUT2D eigenvalue weighted by Gasteiger charge is 2.12. The molecule has 0 radical (unpaired) electrons. The van der Waals surface area contributed by atoms with Crippen LogP contribution in [0.4, 0.5) is 5.69 Å². The zero-order chi connectivity index (χ0) is 15.2. The summed E-state index contributed by atoms with van der Waals surface area (Å²) >= 11 is 0. The van der Waals surface area contributed by atoms with Crippen LogP contribution in [0.3, 0.4) is 0 Å². The van der Waals surface area contributed by atoms with Crippen molar-refractivity contribution in [2.24, 2.45) is 0 Å². The molecule has 0 aliphatic rings. The van der Waals surface area contributed by atoms with Crippen LogP contribution < -0.4 is 5.32 Å². The maximum atomic E-state index is 10.0. The van der Waals surface area contributed by atoms with Gasteiger partial charge in [-0.25, -0.2) is 0 Å². The molecular weight excluding hydrogens is 262 g/mol. The maximum Gasteiger partial charge on any atom is 0.120 e. The first-order valence-electron chi connectivity index (χ1n) is 7.24. The molecule has 0 saturated heterocycles. The average Bonchev–Trinajstić information content (AvgIpc) is 2.48. The first kappa shape index (κ1) is 15.4. The number of anilines is 1. The maximum absolute atomic E-state index is 10.0. The van der Waals surface area contributed by atoms with Crippen molar-refractivity contribution in [3.8, 4) is 5.75 Å². The molecule has 2 N–H and O–H groups in total. The summed E-state index contributed by atoms with van der Waals surface area (Å²) in [5, 5.41) is 13.5. The first-order chi connectivity index (χ1) is 10.1. The number of phenols is 1. The Balaban J connectivity index is 2.19. The van der Waals surface area contributed by atoms with E-state index in [-0.39, 0.29) is 6.04 Å². The summed E-state index contributed by atoms with van der Waals surface area (Å²) in [5.74, 6) is 0.329. The summed E-state index contributed by atoms with van der Waals surface area (Å²) in [6, 6.07) is 13.9.